The van der Waals surface area contributed by atoms with Crippen LogP contribution in [-0.2, 0) is 19.6 Å². The van der Waals surface area contributed by atoms with E-state index in [1.807, 2.05) is 6.92 Å². The topological polar surface area (TPSA) is 113 Å². The number of hydrogen-bond acceptors (Lipinski definition) is 4. The van der Waals surface area contributed by atoms with E-state index in [0.29, 0.717) is 25.7 Å². The molecule has 8 heteroatoms. The summed E-state index contributed by atoms with van der Waals surface area (Å²) in [6.07, 6.45) is 2.12. The van der Waals surface area contributed by atoms with E-state index < -0.39 is 16.0 Å². The average molecular weight is 368 g/mol. The van der Waals surface area contributed by atoms with Crippen LogP contribution in [0.5, 0.6) is 0 Å². The molecule has 2 rings (SSSR count). The van der Waals surface area contributed by atoms with Crippen molar-refractivity contribution in [1.29, 1.82) is 0 Å². The van der Waals surface area contributed by atoms with Gasteiger partial charge in [0.15, 0.2) is 0 Å². The Hall–Kier alpha value is -1.93. The number of aryl methyl sites for hydroxylation is 1. The third kappa shape index (κ3) is 5.54. The second kappa shape index (κ2) is 8.44. The normalized spacial score (nSPS) is 20.8. The minimum absolute atomic E-state index is 0.104. The van der Waals surface area contributed by atoms with Gasteiger partial charge in [-0.15, -0.1) is 0 Å². The summed E-state index contributed by atoms with van der Waals surface area (Å²) < 4.78 is 26.7. The Morgan fingerprint density at radius 2 is 1.60 bits per heavy atom. The second-order valence-electron chi connectivity index (χ2n) is 6.39. The van der Waals surface area contributed by atoms with Crippen LogP contribution in [0.4, 0.5) is 0 Å². The lowest BCUT2D eigenvalue weighted by molar-refractivity contribution is -0.144. The second-order valence-corrected chi connectivity index (χ2v) is 8.16. The van der Waals surface area contributed by atoms with Crippen molar-refractivity contribution in [1.82, 2.24) is 10.0 Å². The molecule has 138 valence electrons. The van der Waals surface area contributed by atoms with E-state index >= 15 is 0 Å². The van der Waals surface area contributed by atoms with Gasteiger partial charge in [0.2, 0.25) is 15.9 Å². The predicted octanol–water partition coefficient (Wildman–Crippen LogP) is 1.28. The molecule has 0 unspecified atom stereocenters. The van der Waals surface area contributed by atoms with Crippen LogP contribution >= 0.6 is 0 Å². The third-order valence-electron chi connectivity index (χ3n) is 4.49. The molecule has 0 aliphatic heterocycles. The molecule has 1 aliphatic carbocycles. The fourth-order valence-corrected chi connectivity index (χ4v) is 3.95. The number of carbonyl (C=O) groups excluding carboxylic acids is 1. The Kier molecular flexibility index (Phi) is 6.55. The summed E-state index contributed by atoms with van der Waals surface area (Å²) in [5.41, 5.74) is 0.976. The van der Waals surface area contributed by atoms with Crippen LogP contribution in [0.15, 0.2) is 29.2 Å². The number of rotatable bonds is 7. The Balaban J connectivity index is 1.73. The first-order chi connectivity index (χ1) is 11.8. The van der Waals surface area contributed by atoms with Crippen molar-refractivity contribution >= 4 is 21.9 Å². The van der Waals surface area contributed by atoms with Gasteiger partial charge < -0.3 is 10.4 Å². The molecular weight excluding hydrogens is 344 g/mol. The maximum atomic E-state index is 12.1. The summed E-state index contributed by atoms with van der Waals surface area (Å²) in [6.45, 7) is 2.18. The van der Waals surface area contributed by atoms with Gasteiger partial charge in [-0.25, -0.2) is 13.1 Å². The van der Waals surface area contributed by atoms with Crippen molar-refractivity contribution in [2.75, 3.05) is 13.1 Å². The van der Waals surface area contributed by atoms with Gasteiger partial charge in [-0.1, -0.05) is 17.7 Å². The fraction of sp³-hybridized carbons (Fsp3) is 0.529. The summed E-state index contributed by atoms with van der Waals surface area (Å²) in [7, 11) is -3.58. The van der Waals surface area contributed by atoms with Crippen molar-refractivity contribution in [2.45, 2.75) is 37.5 Å². The van der Waals surface area contributed by atoms with E-state index in [0.717, 1.165) is 5.56 Å². The Morgan fingerprint density at radius 1 is 1.04 bits per heavy atom. The first-order valence-corrected chi connectivity index (χ1v) is 9.85. The van der Waals surface area contributed by atoms with Gasteiger partial charge >= 0.3 is 5.97 Å². The van der Waals surface area contributed by atoms with Crippen LogP contribution in [0.3, 0.4) is 0 Å². The summed E-state index contributed by atoms with van der Waals surface area (Å²) in [4.78, 5) is 23.2. The number of nitrogens with one attached hydrogen (secondary N) is 2. The molecule has 3 N–H and O–H groups in total. The lowest BCUT2D eigenvalue weighted by Crippen LogP contribution is -2.39. The third-order valence-corrected chi connectivity index (χ3v) is 5.97. The van der Waals surface area contributed by atoms with Crippen LogP contribution in [0.25, 0.3) is 0 Å². The van der Waals surface area contributed by atoms with Crippen molar-refractivity contribution in [3.63, 3.8) is 0 Å². The molecular formula is C17H24N2O5S. The molecule has 1 fully saturated rings. The smallest absolute Gasteiger partial charge is 0.306 e. The maximum Gasteiger partial charge on any atom is 0.306 e. The quantitative estimate of drug-likeness (QED) is 0.628. The molecule has 0 spiro atoms. The zero-order chi connectivity index (χ0) is 18.4. The van der Waals surface area contributed by atoms with Crippen LogP contribution in [-0.4, -0.2) is 38.5 Å². The number of carboxylic acids is 1. The molecule has 7 nitrogen and oxygen atoms in total. The first kappa shape index (κ1) is 19.4. The van der Waals surface area contributed by atoms with Gasteiger partial charge in [0.1, 0.15) is 0 Å². The van der Waals surface area contributed by atoms with Crippen LogP contribution in [0.1, 0.15) is 31.2 Å². The molecule has 25 heavy (non-hydrogen) atoms. The number of carbonyl (C=O) groups is 2. The molecule has 0 radical (unpaired) electrons. The van der Waals surface area contributed by atoms with E-state index in [1.54, 1.807) is 12.1 Å². The zero-order valence-electron chi connectivity index (χ0n) is 14.2. The van der Waals surface area contributed by atoms with E-state index in [2.05, 4.69) is 10.0 Å². The lowest BCUT2D eigenvalue weighted by atomic mass is 9.81. The minimum Gasteiger partial charge on any atom is -0.481 e. The fourth-order valence-electron chi connectivity index (χ4n) is 2.92. The van der Waals surface area contributed by atoms with Gasteiger partial charge in [0, 0.05) is 19.0 Å². The van der Waals surface area contributed by atoms with Crippen molar-refractivity contribution in [3.8, 4) is 0 Å². The Bertz CT molecular complexity index is 707. The summed E-state index contributed by atoms with van der Waals surface area (Å²) >= 11 is 0. The highest BCUT2D eigenvalue weighted by Gasteiger charge is 2.29. The summed E-state index contributed by atoms with van der Waals surface area (Å²) in [5, 5.41) is 11.7. The number of carboxylic acid groups (broad SMARTS) is 1. The van der Waals surface area contributed by atoms with Crippen molar-refractivity contribution in [2.24, 2.45) is 11.8 Å². The number of aliphatic carboxylic acids is 1. The molecule has 0 heterocycles. The zero-order valence-corrected chi connectivity index (χ0v) is 15.0. The standard InChI is InChI=1S/C17H24N2O5S/c1-12-2-8-15(9-3-12)25(23,24)19-11-10-18-16(20)13-4-6-14(7-5-13)17(21)22/h2-3,8-9,13-14,19H,4-7,10-11H2,1H3,(H,18,20)(H,21,22). The van der Waals surface area contributed by atoms with Crippen molar-refractivity contribution < 1.29 is 23.1 Å². The number of hydrogen-bond donors (Lipinski definition) is 3. The van der Waals surface area contributed by atoms with Gasteiger partial charge in [0.25, 0.3) is 0 Å². The first-order valence-electron chi connectivity index (χ1n) is 8.36. The molecule has 0 bridgehead atoms. The van der Waals surface area contributed by atoms with E-state index in [9.17, 15) is 18.0 Å². The Labute approximate surface area is 147 Å². The number of amides is 1. The molecule has 0 atom stereocenters. The molecule has 1 aliphatic rings. The predicted molar refractivity (Wildman–Crippen MR) is 92.5 cm³/mol. The molecule has 1 aromatic carbocycles. The maximum absolute atomic E-state index is 12.1. The van der Waals surface area contributed by atoms with Gasteiger partial charge in [-0.05, 0) is 44.7 Å². The molecule has 0 saturated heterocycles. The number of benzene rings is 1. The van der Waals surface area contributed by atoms with E-state index in [-0.39, 0.29) is 35.7 Å². The summed E-state index contributed by atoms with van der Waals surface area (Å²) in [6, 6.07) is 6.53. The largest absolute Gasteiger partial charge is 0.481 e. The average Bonchev–Trinajstić information content (AvgIpc) is 2.59. The minimum atomic E-state index is -3.58. The molecule has 1 saturated carbocycles. The van der Waals surface area contributed by atoms with Crippen LogP contribution in [0.2, 0.25) is 0 Å². The Morgan fingerprint density at radius 3 is 2.16 bits per heavy atom. The van der Waals surface area contributed by atoms with Gasteiger partial charge in [-0.3, -0.25) is 9.59 Å². The highest BCUT2D eigenvalue weighted by Crippen LogP contribution is 2.28. The van der Waals surface area contributed by atoms with Crippen molar-refractivity contribution in [3.05, 3.63) is 29.8 Å². The van der Waals surface area contributed by atoms with Crippen LogP contribution < -0.4 is 10.0 Å². The SMILES string of the molecule is Cc1ccc(S(=O)(=O)NCCNC(=O)C2CCC(C(=O)O)CC2)cc1. The summed E-state index contributed by atoms with van der Waals surface area (Å²) in [5.74, 6) is -1.49. The molecule has 1 amide bonds. The van der Waals surface area contributed by atoms with E-state index in [1.165, 1.54) is 12.1 Å². The van der Waals surface area contributed by atoms with E-state index in [4.69, 9.17) is 5.11 Å². The highest BCUT2D eigenvalue weighted by molar-refractivity contribution is 7.89. The highest BCUT2D eigenvalue weighted by atomic mass is 32.2. The lowest BCUT2D eigenvalue weighted by Gasteiger charge is -2.25. The van der Waals surface area contributed by atoms with Gasteiger partial charge in [-0.2, -0.15) is 0 Å². The molecule has 0 aromatic heterocycles. The van der Waals surface area contributed by atoms with Crippen LogP contribution in [0, 0.1) is 18.8 Å². The van der Waals surface area contributed by atoms with Gasteiger partial charge in [0.05, 0.1) is 10.8 Å². The molecule has 1 aromatic rings. The monoisotopic (exact) mass is 368 g/mol. The number of sulfonamides is 1.